The number of benzene rings is 1. The molecule has 0 aliphatic rings. The molecule has 0 heterocycles. The number of rotatable bonds is 9. The lowest BCUT2D eigenvalue weighted by molar-refractivity contribution is -0.122. The van der Waals surface area contributed by atoms with Crippen molar-refractivity contribution >= 4 is 34.8 Å². The van der Waals surface area contributed by atoms with Gasteiger partial charge >= 0.3 is 0 Å². The number of unbranched alkanes of at least 4 members (excludes halogenated alkanes) is 1. The van der Waals surface area contributed by atoms with Gasteiger partial charge in [0.05, 0.1) is 0 Å². The number of hydrogen-bond donors (Lipinski definition) is 2. The van der Waals surface area contributed by atoms with Gasteiger partial charge in [-0.15, -0.1) is 0 Å². The van der Waals surface area contributed by atoms with E-state index in [2.05, 4.69) is 22.5 Å². The van der Waals surface area contributed by atoms with Crippen molar-refractivity contribution in [2.24, 2.45) is 0 Å². The van der Waals surface area contributed by atoms with Crippen LogP contribution in [0.2, 0.25) is 10.0 Å². The number of carbonyl (C=O) groups excluding carboxylic acids is 1. The first-order chi connectivity index (χ1) is 10.8. The lowest BCUT2D eigenvalue weighted by atomic mass is 10.1. The second kappa shape index (κ2) is 10.0. The number of carbonyl (C=O) groups is 1. The molecule has 1 amide bonds. The van der Waals surface area contributed by atoms with Gasteiger partial charge in [-0.05, 0) is 45.6 Å². The second-order valence-corrected chi connectivity index (χ2v) is 7.01. The summed E-state index contributed by atoms with van der Waals surface area (Å²) >= 11 is 12.0. The lowest BCUT2D eigenvalue weighted by Gasteiger charge is -2.24. The van der Waals surface area contributed by atoms with E-state index in [4.69, 9.17) is 23.2 Å². The fourth-order valence-corrected chi connectivity index (χ4v) is 2.91. The molecule has 0 spiro atoms. The minimum absolute atomic E-state index is 0.0240. The average Bonchev–Trinajstić information content (AvgIpc) is 2.42. The van der Waals surface area contributed by atoms with Gasteiger partial charge in [0.1, 0.15) is 6.04 Å². The van der Waals surface area contributed by atoms with Crippen LogP contribution in [0.15, 0.2) is 18.2 Å². The zero-order chi connectivity index (χ0) is 17.4. The topological polar surface area (TPSA) is 44.4 Å². The van der Waals surface area contributed by atoms with Crippen molar-refractivity contribution in [1.82, 2.24) is 10.2 Å². The lowest BCUT2D eigenvalue weighted by Crippen LogP contribution is -2.47. The highest BCUT2D eigenvalue weighted by Gasteiger charge is 2.18. The molecule has 130 valence electrons. The molecule has 0 saturated heterocycles. The smallest absolute Gasteiger partial charge is 0.242 e. The molecule has 0 radical (unpaired) electrons. The van der Waals surface area contributed by atoms with E-state index in [1.165, 1.54) is 0 Å². The van der Waals surface area contributed by atoms with E-state index in [9.17, 15) is 4.79 Å². The van der Waals surface area contributed by atoms with Crippen LogP contribution in [0.1, 0.15) is 33.1 Å². The van der Waals surface area contributed by atoms with Gasteiger partial charge in [-0.25, -0.2) is 0 Å². The van der Waals surface area contributed by atoms with E-state index in [1.807, 2.05) is 21.0 Å². The fraction of sp³-hybridized carbons (Fsp3) is 0.588. The molecular formula is C17H27Cl2N3O. The van der Waals surface area contributed by atoms with Gasteiger partial charge in [-0.1, -0.05) is 43.0 Å². The average molecular weight is 360 g/mol. The maximum atomic E-state index is 12.4. The van der Waals surface area contributed by atoms with E-state index in [0.29, 0.717) is 10.0 Å². The van der Waals surface area contributed by atoms with E-state index in [0.717, 1.165) is 31.5 Å². The minimum Gasteiger partial charge on any atom is -0.374 e. The summed E-state index contributed by atoms with van der Waals surface area (Å²) in [5, 5.41) is 7.35. The molecule has 0 bridgehead atoms. The van der Waals surface area contributed by atoms with Crippen molar-refractivity contribution in [1.29, 1.82) is 0 Å². The van der Waals surface area contributed by atoms with Crippen LogP contribution >= 0.6 is 23.2 Å². The van der Waals surface area contributed by atoms with Gasteiger partial charge in [-0.3, -0.25) is 4.79 Å². The first-order valence-electron chi connectivity index (χ1n) is 7.99. The quantitative estimate of drug-likeness (QED) is 0.699. The predicted octanol–water partition coefficient (Wildman–Crippen LogP) is 4.03. The van der Waals surface area contributed by atoms with Gasteiger partial charge < -0.3 is 15.5 Å². The third-order valence-electron chi connectivity index (χ3n) is 3.48. The molecular weight excluding hydrogens is 333 g/mol. The van der Waals surface area contributed by atoms with Crippen LogP contribution in [0.25, 0.3) is 0 Å². The number of nitrogens with zero attached hydrogens (tertiary/aromatic N) is 1. The van der Waals surface area contributed by atoms with Crippen LogP contribution in [0, 0.1) is 0 Å². The molecule has 0 aliphatic heterocycles. The summed E-state index contributed by atoms with van der Waals surface area (Å²) in [6, 6.07) is 4.97. The standard InChI is InChI=1S/C17H27Cl2N3O/c1-5-6-7-15(11-22(3)4)21-17(23)12(2)20-16-9-13(18)8-14(19)10-16/h8-10,12,15,20H,5-7,11H2,1-4H3,(H,21,23)/t12-,15?/m0/s1. The van der Waals surface area contributed by atoms with Crippen LogP contribution in [0.5, 0.6) is 0 Å². The zero-order valence-electron chi connectivity index (χ0n) is 14.3. The van der Waals surface area contributed by atoms with Crippen LogP contribution < -0.4 is 10.6 Å². The largest absolute Gasteiger partial charge is 0.374 e. The number of amides is 1. The van der Waals surface area contributed by atoms with Crippen LogP contribution in [0.3, 0.4) is 0 Å². The van der Waals surface area contributed by atoms with Gasteiger partial charge in [-0.2, -0.15) is 0 Å². The number of likely N-dealkylation sites (N-methyl/N-ethyl adjacent to an activating group) is 1. The first-order valence-corrected chi connectivity index (χ1v) is 8.75. The maximum Gasteiger partial charge on any atom is 0.242 e. The van der Waals surface area contributed by atoms with Crippen LogP contribution in [0.4, 0.5) is 5.69 Å². The molecule has 4 nitrogen and oxygen atoms in total. The molecule has 0 aromatic heterocycles. The van der Waals surface area contributed by atoms with Crippen molar-refractivity contribution in [3.63, 3.8) is 0 Å². The Morgan fingerprint density at radius 3 is 2.35 bits per heavy atom. The highest BCUT2D eigenvalue weighted by Crippen LogP contribution is 2.22. The summed E-state index contributed by atoms with van der Waals surface area (Å²) < 4.78 is 0. The maximum absolute atomic E-state index is 12.4. The van der Waals surface area contributed by atoms with Crippen molar-refractivity contribution in [3.05, 3.63) is 28.2 Å². The molecule has 1 rings (SSSR count). The van der Waals surface area contributed by atoms with Crippen molar-refractivity contribution in [3.8, 4) is 0 Å². The third kappa shape index (κ3) is 7.91. The SMILES string of the molecule is CCCCC(CN(C)C)NC(=O)[C@H](C)Nc1cc(Cl)cc(Cl)c1. The van der Waals surface area contributed by atoms with E-state index < -0.39 is 0 Å². The number of halogens is 2. The van der Waals surface area contributed by atoms with E-state index >= 15 is 0 Å². The predicted molar refractivity (Wildman–Crippen MR) is 99.6 cm³/mol. The number of hydrogen-bond acceptors (Lipinski definition) is 3. The Labute approximate surface area is 149 Å². The Bertz CT molecular complexity index is 488. The molecule has 0 aliphatic carbocycles. The zero-order valence-corrected chi connectivity index (χ0v) is 15.8. The Morgan fingerprint density at radius 1 is 1.22 bits per heavy atom. The van der Waals surface area contributed by atoms with Gasteiger partial charge in [0, 0.05) is 28.3 Å². The van der Waals surface area contributed by atoms with Crippen molar-refractivity contribution < 1.29 is 4.79 Å². The summed E-state index contributed by atoms with van der Waals surface area (Å²) in [5.74, 6) is -0.0240. The Balaban J connectivity index is 2.62. The van der Waals surface area contributed by atoms with Gasteiger partial charge in [0.15, 0.2) is 0 Å². The molecule has 0 saturated carbocycles. The summed E-state index contributed by atoms with van der Waals surface area (Å²) in [6.07, 6.45) is 3.20. The molecule has 2 N–H and O–H groups in total. The summed E-state index contributed by atoms with van der Waals surface area (Å²) in [6.45, 7) is 4.82. The molecule has 1 aromatic carbocycles. The second-order valence-electron chi connectivity index (χ2n) is 6.13. The van der Waals surface area contributed by atoms with Gasteiger partial charge in [0.25, 0.3) is 0 Å². The Kier molecular flexibility index (Phi) is 8.74. The number of nitrogens with one attached hydrogen (secondary N) is 2. The monoisotopic (exact) mass is 359 g/mol. The highest BCUT2D eigenvalue weighted by atomic mass is 35.5. The first kappa shape index (κ1) is 20.1. The molecule has 23 heavy (non-hydrogen) atoms. The number of anilines is 1. The van der Waals surface area contributed by atoms with Crippen LogP contribution in [-0.4, -0.2) is 43.5 Å². The highest BCUT2D eigenvalue weighted by molar-refractivity contribution is 6.35. The molecule has 0 fully saturated rings. The van der Waals surface area contributed by atoms with Crippen molar-refractivity contribution in [2.75, 3.05) is 26.0 Å². The minimum atomic E-state index is -0.365. The van der Waals surface area contributed by atoms with Crippen molar-refractivity contribution in [2.45, 2.75) is 45.2 Å². The third-order valence-corrected chi connectivity index (χ3v) is 3.91. The Morgan fingerprint density at radius 2 is 1.83 bits per heavy atom. The summed E-state index contributed by atoms with van der Waals surface area (Å²) in [7, 11) is 4.03. The van der Waals surface area contributed by atoms with Crippen LogP contribution in [-0.2, 0) is 4.79 Å². The molecule has 6 heteroatoms. The normalized spacial score (nSPS) is 13.7. The Hall–Kier alpha value is -0.970. The van der Waals surface area contributed by atoms with E-state index in [1.54, 1.807) is 18.2 Å². The van der Waals surface area contributed by atoms with E-state index in [-0.39, 0.29) is 18.0 Å². The fourth-order valence-electron chi connectivity index (χ4n) is 2.38. The molecule has 1 unspecified atom stereocenters. The molecule has 2 atom stereocenters. The summed E-state index contributed by atoms with van der Waals surface area (Å²) in [4.78, 5) is 14.5. The summed E-state index contributed by atoms with van der Waals surface area (Å²) in [5.41, 5.74) is 0.739. The molecule has 1 aromatic rings. The van der Waals surface area contributed by atoms with Gasteiger partial charge in [0.2, 0.25) is 5.91 Å².